The summed E-state index contributed by atoms with van der Waals surface area (Å²) in [5.41, 5.74) is 0.763. The number of halogens is 2. The van der Waals surface area contributed by atoms with Gasteiger partial charge in [0.1, 0.15) is 5.75 Å². The lowest BCUT2D eigenvalue weighted by Crippen LogP contribution is -2.13. The number of benzene rings is 7. The number of rotatable bonds is 0. The molecule has 174 valence electrons. The van der Waals surface area contributed by atoms with Crippen molar-refractivity contribution in [3.05, 3.63) is 103 Å². The number of aromatic hydroxyl groups is 1. The van der Waals surface area contributed by atoms with Gasteiger partial charge in [0, 0.05) is 48.5 Å². The van der Waals surface area contributed by atoms with Crippen molar-refractivity contribution >= 4 is 98.9 Å². The Morgan fingerprint density at radius 1 is 0.541 bits per heavy atom. The van der Waals surface area contributed by atoms with E-state index in [9.17, 15) is 14.7 Å². The smallest absolute Gasteiger partial charge is 0.196 e. The summed E-state index contributed by atoms with van der Waals surface area (Å²) in [5.74, 6) is 0.124. The standard InChI is InChI=1S/C31H13Cl2NO3/c32-21-11-9-19-24(27(21)33)17-10-12-22-25-13(5-7-18(23(17)25)30(19)36)14-6-8-20-26(28(14)34-22)31(37)16-4-2-1-3-15(16)29(20)35/h1-12,36H. The molecular weight excluding hydrogens is 505 g/mol. The predicted molar refractivity (Wildman–Crippen MR) is 153 cm³/mol. The molecule has 0 atom stereocenters. The molecule has 0 radical (unpaired) electrons. The molecule has 8 aromatic rings. The van der Waals surface area contributed by atoms with Crippen LogP contribution in [0.25, 0.3) is 75.7 Å². The first kappa shape index (κ1) is 20.9. The number of hydrogen-bond donors (Lipinski definition) is 1. The molecule has 0 unspecified atom stereocenters. The van der Waals surface area contributed by atoms with Crippen molar-refractivity contribution in [2.45, 2.75) is 0 Å². The summed E-state index contributed by atoms with van der Waals surface area (Å²) in [4.78, 5) is 31.8. The third-order valence-corrected chi connectivity index (χ3v) is 8.41. The van der Waals surface area contributed by atoms with Gasteiger partial charge in [-0.15, -0.1) is 0 Å². The fourth-order valence-electron chi connectivity index (χ4n) is 5.98. The van der Waals surface area contributed by atoms with Crippen LogP contribution in [0.3, 0.4) is 0 Å². The van der Waals surface area contributed by atoms with Gasteiger partial charge >= 0.3 is 0 Å². The Morgan fingerprint density at radius 2 is 1.16 bits per heavy atom. The van der Waals surface area contributed by atoms with Crippen molar-refractivity contribution in [1.29, 1.82) is 0 Å². The van der Waals surface area contributed by atoms with E-state index in [-0.39, 0.29) is 16.6 Å². The van der Waals surface area contributed by atoms with E-state index in [1.807, 2.05) is 30.3 Å². The van der Waals surface area contributed by atoms with Gasteiger partial charge in [0.2, 0.25) is 0 Å². The number of fused-ring (bicyclic) bond motifs is 7. The highest BCUT2D eigenvalue weighted by atomic mass is 35.5. The summed E-state index contributed by atoms with van der Waals surface area (Å²) in [5, 5.41) is 19.6. The molecule has 0 saturated carbocycles. The van der Waals surface area contributed by atoms with Crippen LogP contribution in [0.1, 0.15) is 0 Å². The lowest BCUT2D eigenvalue weighted by atomic mass is 9.89. The lowest BCUT2D eigenvalue weighted by molar-refractivity contribution is 0.488. The largest absolute Gasteiger partial charge is 0.507 e. The van der Waals surface area contributed by atoms with Crippen molar-refractivity contribution in [3.8, 4) is 5.75 Å². The number of pyridine rings is 1. The maximum atomic E-state index is 13.6. The van der Waals surface area contributed by atoms with Crippen LogP contribution in [-0.2, 0) is 0 Å². The van der Waals surface area contributed by atoms with Crippen LogP contribution in [0, 0.1) is 0 Å². The molecule has 0 aliphatic heterocycles. The Morgan fingerprint density at radius 3 is 1.97 bits per heavy atom. The molecule has 1 N–H and O–H groups in total. The molecule has 0 aliphatic rings. The summed E-state index contributed by atoms with van der Waals surface area (Å²) >= 11 is 13.0. The van der Waals surface area contributed by atoms with Crippen LogP contribution in [0.15, 0.2) is 82.4 Å². The number of nitrogens with zero attached hydrogens (tertiary/aromatic N) is 1. The van der Waals surface area contributed by atoms with Gasteiger partial charge in [0.25, 0.3) is 0 Å². The molecule has 0 amide bonds. The number of aromatic nitrogens is 1. The minimum Gasteiger partial charge on any atom is -0.507 e. The van der Waals surface area contributed by atoms with Crippen molar-refractivity contribution in [3.63, 3.8) is 0 Å². The van der Waals surface area contributed by atoms with Gasteiger partial charge in [-0.05, 0) is 41.1 Å². The second kappa shape index (κ2) is 6.94. The summed E-state index contributed by atoms with van der Waals surface area (Å²) in [6.45, 7) is 0. The van der Waals surface area contributed by atoms with Gasteiger partial charge in [-0.3, -0.25) is 9.59 Å². The number of hydrogen-bond acceptors (Lipinski definition) is 4. The van der Waals surface area contributed by atoms with Gasteiger partial charge in [-0.25, -0.2) is 4.98 Å². The Labute approximate surface area is 217 Å². The molecule has 8 rings (SSSR count). The van der Waals surface area contributed by atoms with Gasteiger partial charge in [-0.1, -0.05) is 65.7 Å². The minimum atomic E-state index is -0.207. The van der Waals surface area contributed by atoms with Crippen molar-refractivity contribution in [1.82, 2.24) is 4.98 Å². The van der Waals surface area contributed by atoms with Crippen LogP contribution >= 0.6 is 23.2 Å². The average Bonchev–Trinajstić information content (AvgIpc) is 2.92. The maximum absolute atomic E-state index is 13.6. The van der Waals surface area contributed by atoms with E-state index >= 15 is 0 Å². The topological polar surface area (TPSA) is 67.3 Å². The molecule has 0 saturated heterocycles. The number of phenolic OH excluding ortho intramolecular Hbond substituents is 1. The molecule has 6 heteroatoms. The van der Waals surface area contributed by atoms with Crippen LogP contribution in [0.2, 0.25) is 10.0 Å². The minimum absolute atomic E-state index is 0.124. The van der Waals surface area contributed by atoms with Crippen LogP contribution in [0.5, 0.6) is 5.75 Å². The van der Waals surface area contributed by atoms with Crippen molar-refractivity contribution in [2.75, 3.05) is 0 Å². The number of phenols is 1. The van der Waals surface area contributed by atoms with Gasteiger partial charge in [0.05, 0.1) is 26.5 Å². The molecule has 7 aromatic carbocycles. The van der Waals surface area contributed by atoms with E-state index in [1.165, 1.54) is 0 Å². The monoisotopic (exact) mass is 517 g/mol. The normalized spacial score (nSPS) is 12.4. The molecule has 0 aliphatic carbocycles. The zero-order chi connectivity index (χ0) is 25.2. The molecule has 37 heavy (non-hydrogen) atoms. The Bertz CT molecular complexity index is 2440. The SMILES string of the molecule is O=c1c2ccccc2c(=O)c2c1ccc1c3ccc4c(O)c5ccc(Cl)c(Cl)c5c5ccc(nc12)c3c45. The Balaban J connectivity index is 1.65. The molecular formula is C31H13Cl2NO3. The fourth-order valence-corrected chi connectivity index (χ4v) is 6.40. The second-order valence-corrected chi connectivity index (χ2v) is 10.2. The van der Waals surface area contributed by atoms with E-state index in [4.69, 9.17) is 28.2 Å². The molecule has 1 aromatic heterocycles. The zero-order valence-electron chi connectivity index (χ0n) is 18.9. The van der Waals surface area contributed by atoms with Crippen LogP contribution in [-0.4, -0.2) is 10.1 Å². The van der Waals surface area contributed by atoms with Crippen molar-refractivity contribution in [2.24, 2.45) is 0 Å². The first-order chi connectivity index (χ1) is 18.0. The van der Waals surface area contributed by atoms with Crippen LogP contribution < -0.4 is 10.9 Å². The third-order valence-electron chi connectivity index (χ3n) is 7.60. The predicted octanol–water partition coefficient (Wildman–Crippen LogP) is 7.76. The summed E-state index contributed by atoms with van der Waals surface area (Å²) < 4.78 is 0. The first-order valence-corrected chi connectivity index (χ1v) is 12.4. The highest BCUT2D eigenvalue weighted by Crippen LogP contribution is 2.47. The molecule has 0 fully saturated rings. The third kappa shape index (κ3) is 2.47. The molecule has 0 spiro atoms. The van der Waals surface area contributed by atoms with E-state index in [0.717, 1.165) is 26.9 Å². The highest BCUT2D eigenvalue weighted by Gasteiger charge is 2.21. The van der Waals surface area contributed by atoms with E-state index < -0.39 is 0 Å². The lowest BCUT2D eigenvalue weighted by Gasteiger charge is -2.17. The molecule has 0 bridgehead atoms. The van der Waals surface area contributed by atoms with E-state index in [0.29, 0.717) is 58.8 Å². The highest BCUT2D eigenvalue weighted by molar-refractivity contribution is 6.48. The van der Waals surface area contributed by atoms with Crippen molar-refractivity contribution < 1.29 is 5.11 Å². The quantitative estimate of drug-likeness (QED) is 0.165. The molecule has 4 nitrogen and oxygen atoms in total. The van der Waals surface area contributed by atoms with Gasteiger partial charge in [0.15, 0.2) is 10.9 Å². The summed E-state index contributed by atoms with van der Waals surface area (Å²) in [6.07, 6.45) is 0. The first-order valence-electron chi connectivity index (χ1n) is 11.7. The van der Waals surface area contributed by atoms with E-state index in [2.05, 4.69) is 0 Å². The van der Waals surface area contributed by atoms with Gasteiger partial charge in [-0.2, -0.15) is 0 Å². The second-order valence-electron chi connectivity index (χ2n) is 9.38. The fraction of sp³-hybridized carbons (Fsp3) is 0. The summed E-state index contributed by atoms with van der Waals surface area (Å²) in [6, 6.07) is 21.5. The Kier molecular flexibility index (Phi) is 3.92. The summed E-state index contributed by atoms with van der Waals surface area (Å²) in [7, 11) is 0. The maximum Gasteiger partial charge on any atom is 0.196 e. The van der Waals surface area contributed by atoms with Crippen LogP contribution in [0.4, 0.5) is 0 Å². The van der Waals surface area contributed by atoms with Gasteiger partial charge < -0.3 is 5.11 Å². The Hall–Kier alpha value is -4.25. The zero-order valence-corrected chi connectivity index (χ0v) is 20.4. The average molecular weight is 518 g/mol. The van der Waals surface area contributed by atoms with E-state index in [1.54, 1.807) is 42.5 Å². The molecule has 1 heterocycles.